The molecule has 0 N–H and O–H groups in total. The zero-order valence-electron chi connectivity index (χ0n) is 13.7. The van der Waals surface area contributed by atoms with E-state index in [1.165, 1.54) is 16.7 Å². The molecule has 0 saturated carbocycles. The molecule has 23 heavy (non-hydrogen) atoms. The highest BCUT2D eigenvalue weighted by atomic mass is 16.2. The summed E-state index contributed by atoms with van der Waals surface area (Å²) in [6, 6.07) is 19.0. The van der Waals surface area contributed by atoms with Crippen LogP contribution in [-0.2, 0) is 19.4 Å². The van der Waals surface area contributed by atoms with Crippen LogP contribution in [0.3, 0.4) is 0 Å². The van der Waals surface area contributed by atoms with Crippen molar-refractivity contribution in [3.63, 3.8) is 0 Å². The molecular formula is C20H24N2O. The molecule has 0 atom stereocenters. The minimum atomic E-state index is 0.146. The number of rotatable bonds is 4. The van der Waals surface area contributed by atoms with Crippen molar-refractivity contribution in [3.8, 4) is 0 Å². The third-order valence-corrected chi connectivity index (χ3v) is 4.53. The van der Waals surface area contributed by atoms with E-state index < -0.39 is 0 Å². The van der Waals surface area contributed by atoms with Crippen LogP contribution in [0.1, 0.15) is 23.1 Å². The topological polar surface area (TPSA) is 23.6 Å². The predicted molar refractivity (Wildman–Crippen MR) is 93.3 cm³/mol. The molecule has 0 saturated heterocycles. The Bertz CT molecular complexity index is 654. The first kappa shape index (κ1) is 15.6. The maximum Gasteiger partial charge on any atom is 0.320 e. The molecule has 3 nitrogen and oxygen atoms in total. The Kier molecular flexibility index (Phi) is 4.96. The second kappa shape index (κ2) is 7.32. The summed E-state index contributed by atoms with van der Waals surface area (Å²) < 4.78 is 0. The maximum atomic E-state index is 12.6. The average molecular weight is 308 g/mol. The van der Waals surface area contributed by atoms with Crippen LogP contribution in [0.4, 0.5) is 4.79 Å². The summed E-state index contributed by atoms with van der Waals surface area (Å²) in [7, 11) is 1.91. The van der Waals surface area contributed by atoms with Gasteiger partial charge in [-0.1, -0.05) is 54.6 Å². The first-order valence-electron chi connectivity index (χ1n) is 8.35. The molecule has 1 aliphatic rings. The number of urea groups is 1. The van der Waals surface area contributed by atoms with Gasteiger partial charge in [0, 0.05) is 26.7 Å². The first-order valence-corrected chi connectivity index (χ1v) is 8.35. The summed E-state index contributed by atoms with van der Waals surface area (Å²) >= 11 is 0. The van der Waals surface area contributed by atoms with Crippen LogP contribution in [0.5, 0.6) is 0 Å². The van der Waals surface area contributed by atoms with Gasteiger partial charge in [-0.15, -0.1) is 0 Å². The van der Waals surface area contributed by atoms with Crippen LogP contribution in [-0.4, -0.2) is 36.0 Å². The third-order valence-electron chi connectivity index (χ3n) is 4.53. The van der Waals surface area contributed by atoms with Crippen LogP contribution in [0.2, 0.25) is 0 Å². The van der Waals surface area contributed by atoms with Gasteiger partial charge in [0.1, 0.15) is 0 Å². The van der Waals surface area contributed by atoms with Gasteiger partial charge in [0.2, 0.25) is 0 Å². The summed E-state index contributed by atoms with van der Waals surface area (Å²) in [5, 5.41) is 0. The molecule has 0 radical (unpaired) electrons. The summed E-state index contributed by atoms with van der Waals surface area (Å²) in [5.74, 6) is 0. The fourth-order valence-electron chi connectivity index (χ4n) is 3.16. The number of carbonyl (C=O) groups is 1. The Morgan fingerprint density at radius 2 is 1.74 bits per heavy atom. The Hall–Kier alpha value is -2.29. The molecule has 3 heteroatoms. The van der Waals surface area contributed by atoms with Gasteiger partial charge in [0.05, 0.1) is 0 Å². The molecule has 2 amide bonds. The van der Waals surface area contributed by atoms with Gasteiger partial charge in [-0.2, -0.15) is 0 Å². The zero-order chi connectivity index (χ0) is 16.1. The molecule has 0 spiro atoms. The van der Waals surface area contributed by atoms with Crippen LogP contribution >= 0.6 is 0 Å². The maximum absolute atomic E-state index is 12.6. The lowest BCUT2D eigenvalue weighted by Crippen LogP contribution is -2.44. The van der Waals surface area contributed by atoms with Gasteiger partial charge < -0.3 is 9.80 Å². The monoisotopic (exact) mass is 308 g/mol. The highest BCUT2D eigenvalue weighted by Gasteiger charge is 2.22. The van der Waals surface area contributed by atoms with Crippen molar-refractivity contribution in [1.29, 1.82) is 0 Å². The van der Waals surface area contributed by atoms with Crippen molar-refractivity contribution >= 4 is 6.03 Å². The molecule has 3 rings (SSSR count). The van der Waals surface area contributed by atoms with E-state index in [9.17, 15) is 4.79 Å². The molecule has 0 unspecified atom stereocenters. The van der Waals surface area contributed by atoms with Crippen molar-refractivity contribution < 1.29 is 4.79 Å². The summed E-state index contributed by atoms with van der Waals surface area (Å²) in [6.45, 7) is 2.35. The normalized spacial score (nSPS) is 13.5. The second-order valence-corrected chi connectivity index (χ2v) is 6.23. The molecule has 0 aromatic heterocycles. The Morgan fingerprint density at radius 1 is 1.04 bits per heavy atom. The van der Waals surface area contributed by atoms with Crippen LogP contribution in [0.15, 0.2) is 54.6 Å². The number of fused-ring (bicyclic) bond motifs is 1. The number of benzene rings is 2. The lowest BCUT2D eigenvalue weighted by molar-refractivity contribution is 0.157. The van der Waals surface area contributed by atoms with Crippen molar-refractivity contribution in [2.45, 2.75) is 25.8 Å². The molecule has 0 fully saturated rings. The number of carbonyl (C=O) groups excluding carboxylic acids is 1. The fraction of sp³-hybridized carbons (Fsp3) is 0.350. The van der Waals surface area contributed by atoms with Gasteiger partial charge in [0.25, 0.3) is 0 Å². The second-order valence-electron chi connectivity index (χ2n) is 6.23. The van der Waals surface area contributed by atoms with Crippen molar-refractivity contribution in [2.24, 2.45) is 0 Å². The quantitative estimate of drug-likeness (QED) is 0.844. The number of hydrogen-bond donors (Lipinski definition) is 0. The van der Waals surface area contributed by atoms with Gasteiger partial charge in [-0.05, 0) is 36.0 Å². The van der Waals surface area contributed by atoms with E-state index in [2.05, 4.69) is 48.5 Å². The molecule has 0 aliphatic carbocycles. The van der Waals surface area contributed by atoms with E-state index >= 15 is 0 Å². The summed E-state index contributed by atoms with van der Waals surface area (Å²) in [5.41, 5.74) is 3.99. The van der Waals surface area contributed by atoms with E-state index in [4.69, 9.17) is 0 Å². The summed E-state index contributed by atoms with van der Waals surface area (Å²) in [4.78, 5) is 16.4. The Morgan fingerprint density at radius 3 is 2.52 bits per heavy atom. The first-order chi connectivity index (χ1) is 11.2. The molecule has 1 aliphatic heterocycles. The third kappa shape index (κ3) is 3.92. The molecule has 1 heterocycles. The summed E-state index contributed by atoms with van der Waals surface area (Å²) in [6.07, 6.45) is 2.97. The minimum Gasteiger partial charge on any atom is -0.328 e. The van der Waals surface area contributed by atoms with Crippen LogP contribution < -0.4 is 0 Å². The molecule has 2 aromatic carbocycles. The van der Waals surface area contributed by atoms with Crippen molar-refractivity contribution in [2.75, 3.05) is 20.1 Å². The Balaban J connectivity index is 1.50. The van der Waals surface area contributed by atoms with Crippen molar-refractivity contribution in [1.82, 2.24) is 9.80 Å². The van der Waals surface area contributed by atoms with E-state index in [0.717, 1.165) is 38.9 Å². The number of aryl methyl sites for hydroxylation is 1. The lowest BCUT2D eigenvalue weighted by atomic mass is 10.0. The molecule has 0 bridgehead atoms. The van der Waals surface area contributed by atoms with Crippen molar-refractivity contribution in [3.05, 3.63) is 71.3 Å². The van der Waals surface area contributed by atoms with E-state index in [0.29, 0.717) is 0 Å². The molecular weight excluding hydrogens is 284 g/mol. The zero-order valence-corrected chi connectivity index (χ0v) is 13.7. The lowest BCUT2D eigenvalue weighted by Gasteiger charge is -2.32. The van der Waals surface area contributed by atoms with Crippen LogP contribution in [0.25, 0.3) is 0 Å². The standard InChI is InChI=1S/C20H24N2O/c1-21(14-7-10-17-8-3-2-4-9-17)20(23)22-15-13-18-11-5-6-12-19(18)16-22/h2-6,8-9,11-12H,7,10,13-16H2,1H3. The van der Waals surface area contributed by atoms with E-state index in [1.807, 2.05) is 22.9 Å². The smallest absolute Gasteiger partial charge is 0.320 e. The van der Waals surface area contributed by atoms with E-state index in [1.54, 1.807) is 0 Å². The highest BCUT2D eigenvalue weighted by Crippen LogP contribution is 2.19. The SMILES string of the molecule is CN(CCCc1ccccc1)C(=O)N1CCc2ccccc2C1. The highest BCUT2D eigenvalue weighted by molar-refractivity contribution is 5.74. The van der Waals surface area contributed by atoms with Gasteiger partial charge in [0.15, 0.2) is 0 Å². The predicted octanol–water partition coefficient (Wildman–Crippen LogP) is 3.73. The van der Waals surface area contributed by atoms with Gasteiger partial charge >= 0.3 is 6.03 Å². The van der Waals surface area contributed by atoms with Gasteiger partial charge in [-0.25, -0.2) is 4.79 Å². The minimum absolute atomic E-state index is 0.146. The average Bonchev–Trinajstić information content (AvgIpc) is 2.61. The molecule has 120 valence electrons. The van der Waals surface area contributed by atoms with Gasteiger partial charge in [-0.3, -0.25) is 0 Å². The fourth-order valence-corrected chi connectivity index (χ4v) is 3.16. The number of hydrogen-bond acceptors (Lipinski definition) is 1. The van der Waals surface area contributed by atoms with E-state index in [-0.39, 0.29) is 6.03 Å². The molecule has 2 aromatic rings. The number of nitrogens with zero attached hydrogens (tertiary/aromatic N) is 2. The van der Waals surface area contributed by atoms with Crippen LogP contribution in [0, 0.1) is 0 Å². The largest absolute Gasteiger partial charge is 0.328 e. The number of amides is 2. The Labute approximate surface area is 138 Å².